The lowest BCUT2D eigenvalue weighted by atomic mass is 10.1. The molecule has 0 bridgehead atoms. The molecule has 3 nitrogen and oxygen atoms in total. The van der Waals surface area contributed by atoms with E-state index in [-0.39, 0.29) is 5.92 Å². The molecule has 0 aliphatic carbocycles. The Morgan fingerprint density at radius 3 is 1.75 bits per heavy atom. The topological polar surface area (TPSA) is 57.9 Å². The van der Waals surface area contributed by atoms with Gasteiger partial charge in [-0.15, -0.1) is 0 Å². The van der Waals surface area contributed by atoms with Crippen LogP contribution in [0.25, 0.3) is 0 Å². The molecule has 45 valence electrons. The first-order chi connectivity index (χ1) is 3.55. The van der Waals surface area contributed by atoms with Gasteiger partial charge in [0.2, 0.25) is 5.78 Å². The summed E-state index contributed by atoms with van der Waals surface area (Å²) in [6.45, 7) is 3.18. The van der Waals surface area contributed by atoms with Crippen LogP contribution in [0.1, 0.15) is 13.8 Å². The van der Waals surface area contributed by atoms with Crippen molar-refractivity contribution in [2.45, 2.75) is 13.8 Å². The first-order valence-corrected chi connectivity index (χ1v) is 2.35. The van der Waals surface area contributed by atoms with Gasteiger partial charge in [0, 0.05) is 5.92 Å². The van der Waals surface area contributed by atoms with Crippen molar-refractivity contribution >= 4 is 11.7 Å². The highest BCUT2D eigenvalue weighted by molar-refractivity contribution is 6.35. The maximum Gasteiger partial charge on any atom is 0.306 e. The van der Waals surface area contributed by atoms with Crippen molar-refractivity contribution in [2.75, 3.05) is 0 Å². The Hall–Kier alpha value is -0.860. The molecular weight excluding hydrogens is 106 g/mol. The van der Waals surface area contributed by atoms with Gasteiger partial charge in [-0.1, -0.05) is 13.8 Å². The second kappa shape index (κ2) is 2.45. The fraction of sp³-hybridized carbons (Fsp3) is 0.600. The molecule has 0 heterocycles. The van der Waals surface area contributed by atoms with Crippen LogP contribution in [-0.4, -0.2) is 11.7 Å². The third kappa shape index (κ3) is 1.73. The average Bonchev–Trinajstić information content (AvgIpc) is 1.64. The van der Waals surface area contributed by atoms with Gasteiger partial charge in [-0.3, -0.25) is 15.3 Å². The molecule has 0 saturated heterocycles. The summed E-state index contributed by atoms with van der Waals surface area (Å²) in [5, 5.41) is 0. The van der Waals surface area contributed by atoms with Crippen molar-refractivity contribution < 1.29 is 9.59 Å². The number of carbonyl (C=O) groups excluding carboxylic acids is 2. The van der Waals surface area contributed by atoms with Crippen LogP contribution in [0.5, 0.6) is 0 Å². The first kappa shape index (κ1) is 7.14. The molecule has 0 spiro atoms. The number of ketones is 1. The molecule has 1 N–H and O–H groups in total. The highest BCUT2D eigenvalue weighted by Gasteiger charge is 2.12. The van der Waals surface area contributed by atoms with Gasteiger partial charge in [-0.05, 0) is 0 Å². The van der Waals surface area contributed by atoms with Crippen molar-refractivity contribution in [1.82, 2.24) is 5.73 Å². The number of rotatable bonds is 2. The van der Waals surface area contributed by atoms with Crippen LogP contribution in [0.3, 0.4) is 0 Å². The Balaban J connectivity index is 3.84. The summed E-state index contributed by atoms with van der Waals surface area (Å²) in [4.78, 5) is 20.2. The fourth-order valence-electron chi connectivity index (χ4n) is 0.262. The van der Waals surface area contributed by atoms with Crippen molar-refractivity contribution in [3.05, 3.63) is 0 Å². The van der Waals surface area contributed by atoms with E-state index in [9.17, 15) is 9.59 Å². The summed E-state index contributed by atoms with van der Waals surface area (Å²) in [5.41, 5.74) is 6.33. The molecule has 0 unspecified atom stereocenters. The molecule has 0 aliphatic rings. The lowest BCUT2D eigenvalue weighted by molar-refractivity contribution is -0.138. The van der Waals surface area contributed by atoms with E-state index >= 15 is 0 Å². The van der Waals surface area contributed by atoms with E-state index in [1.54, 1.807) is 13.8 Å². The lowest BCUT2D eigenvalue weighted by Crippen LogP contribution is -2.19. The zero-order valence-electron chi connectivity index (χ0n) is 4.89. The van der Waals surface area contributed by atoms with Crippen LogP contribution in [0.4, 0.5) is 0 Å². The molecule has 0 aliphatic heterocycles. The SMILES string of the molecule is CC(C)C(=O)C([NH])=O. The van der Waals surface area contributed by atoms with E-state index < -0.39 is 11.7 Å². The molecule has 8 heavy (non-hydrogen) atoms. The van der Waals surface area contributed by atoms with Crippen LogP contribution < -0.4 is 5.73 Å². The third-order valence-electron chi connectivity index (χ3n) is 0.748. The quantitative estimate of drug-likeness (QED) is 0.475. The molecule has 1 amide bonds. The first-order valence-electron chi connectivity index (χ1n) is 2.35. The van der Waals surface area contributed by atoms with Crippen LogP contribution in [0.15, 0.2) is 0 Å². The molecule has 0 fully saturated rings. The average molecular weight is 114 g/mol. The largest absolute Gasteiger partial charge is 0.306 e. The second-order valence-corrected chi connectivity index (χ2v) is 1.85. The summed E-state index contributed by atoms with van der Waals surface area (Å²) < 4.78 is 0. The molecule has 0 aromatic carbocycles. The molecular formula is C5H8NO2. The summed E-state index contributed by atoms with van der Waals surface area (Å²) in [5.74, 6) is -2.05. The monoisotopic (exact) mass is 114 g/mol. The van der Waals surface area contributed by atoms with Gasteiger partial charge < -0.3 is 0 Å². The van der Waals surface area contributed by atoms with Gasteiger partial charge in [-0.2, -0.15) is 0 Å². The van der Waals surface area contributed by atoms with E-state index in [0.29, 0.717) is 0 Å². The number of Topliss-reactive ketones (excluding diaryl/α,β-unsaturated/α-hetero) is 1. The van der Waals surface area contributed by atoms with Gasteiger partial charge >= 0.3 is 5.91 Å². The Morgan fingerprint density at radius 1 is 1.38 bits per heavy atom. The zero-order valence-corrected chi connectivity index (χ0v) is 4.89. The Morgan fingerprint density at radius 2 is 1.75 bits per heavy atom. The van der Waals surface area contributed by atoms with Gasteiger partial charge in [0.1, 0.15) is 0 Å². The van der Waals surface area contributed by atoms with Gasteiger partial charge in [0.25, 0.3) is 0 Å². The normalized spacial score (nSPS) is 9.38. The number of hydrogen-bond acceptors (Lipinski definition) is 2. The predicted molar refractivity (Wildman–Crippen MR) is 27.9 cm³/mol. The van der Waals surface area contributed by atoms with E-state index in [0.717, 1.165) is 0 Å². The van der Waals surface area contributed by atoms with E-state index in [1.165, 1.54) is 0 Å². The molecule has 1 radical (unpaired) electrons. The maximum absolute atomic E-state index is 10.3. The highest BCUT2D eigenvalue weighted by Crippen LogP contribution is 1.91. The molecule has 3 heteroatoms. The van der Waals surface area contributed by atoms with Crippen LogP contribution in [-0.2, 0) is 9.59 Å². The Kier molecular flexibility index (Phi) is 2.19. The minimum atomic E-state index is -1.10. The third-order valence-corrected chi connectivity index (χ3v) is 0.748. The zero-order chi connectivity index (χ0) is 6.73. The van der Waals surface area contributed by atoms with Crippen molar-refractivity contribution in [1.29, 1.82) is 0 Å². The Bertz CT molecular complexity index is 118. The van der Waals surface area contributed by atoms with Crippen molar-refractivity contribution in [2.24, 2.45) is 5.92 Å². The highest BCUT2D eigenvalue weighted by atomic mass is 16.2. The van der Waals surface area contributed by atoms with Gasteiger partial charge in [-0.25, -0.2) is 0 Å². The van der Waals surface area contributed by atoms with E-state index in [2.05, 4.69) is 0 Å². The number of amides is 1. The van der Waals surface area contributed by atoms with Gasteiger partial charge in [0.05, 0.1) is 0 Å². The van der Waals surface area contributed by atoms with E-state index in [1.807, 2.05) is 0 Å². The summed E-state index contributed by atoms with van der Waals surface area (Å²) >= 11 is 0. The van der Waals surface area contributed by atoms with E-state index in [4.69, 9.17) is 5.73 Å². The number of carbonyl (C=O) groups is 2. The molecule has 0 aromatic heterocycles. The van der Waals surface area contributed by atoms with Crippen molar-refractivity contribution in [3.63, 3.8) is 0 Å². The molecule has 0 atom stereocenters. The minimum Gasteiger partial charge on any atom is -0.288 e. The Labute approximate surface area is 47.9 Å². The fourth-order valence-corrected chi connectivity index (χ4v) is 0.262. The number of hydrogen-bond donors (Lipinski definition) is 0. The van der Waals surface area contributed by atoms with Crippen LogP contribution in [0, 0.1) is 5.92 Å². The van der Waals surface area contributed by atoms with Crippen molar-refractivity contribution in [3.8, 4) is 0 Å². The van der Waals surface area contributed by atoms with Crippen LogP contribution >= 0.6 is 0 Å². The van der Waals surface area contributed by atoms with Crippen LogP contribution in [0.2, 0.25) is 0 Å². The summed E-state index contributed by atoms with van der Waals surface area (Å²) in [7, 11) is 0. The molecule has 0 saturated carbocycles. The predicted octanol–water partition coefficient (Wildman–Crippen LogP) is 0.0210. The molecule has 0 aromatic rings. The summed E-state index contributed by atoms with van der Waals surface area (Å²) in [6.07, 6.45) is 0. The second-order valence-electron chi connectivity index (χ2n) is 1.85. The summed E-state index contributed by atoms with van der Waals surface area (Å²) in [6, 6.07) is 0. The smallest absolute Gasteiger partial charge is 0.288 e. The van der Waals surface area contributed by atoms with Gasteiger partial charge in [0.15, 0.2) is 0 Å². The molecule has 0 rings (SSSR count). The maximum atomic E-state index is 10.3. The minimum absolute atomic E-state index is 0.333. The lowest BCUT2D eigenvalue weighted by Gasteiger charge is -1.94. The number of nitrogens with one attached hydrogen (secondary N) is 1. The standard InChI is InChI=1S/C5H8NO2/c1-3(2)4(7)5(6)8/h3,6H,1-2H3.